The van der Waals surface area contributed by atoms with Crippen LogP contribution < -0.4 is 0 Å². The zero-order chi connectivity index (χ0) is 7.40. The second-order valence-electron chi connectivity index (χ2n) is 1.96. The number of aryl methyl sites for hydroxylation is 1. The quantitative estimate of drug-likeness (QED) is 0.607. The van der Waals surface area contributed by atoms with E-state index >= 15 is 0 Å². The number of hydrogen-bond acceptors (Lipinski definition) is 2. The molecule has 56 valence electrons. The van der Waals surface area contributed by atoms with Crippen molar-refractivity contribution in [2.45, 2.75) is 17.8 Å². The summed E-state index contributed by atoms with van der Waals surface area (Å²) in [5, 5.41) is 3.87. The third kappa shape index (κ3) is 1.90. The highest BCUT2D eigenvalue weighted by Gasteiger charge is 1.98. The summed E-state index contributed by atoms with van der Waals surface area (Å²) in [5.74, 6) is 1.000. The highest BCUT2D eigenvalue weighted by Crippen LogP contribution is 2.10. The third-order valence-corrected chi connectivity index (χ3v) is 2.49. The summed E-state index contributed by atoms with van der Waals surface area (Å²) in [5.41, 5.74) is 1.05. The van der Waals surface area contributed by atoms with Crippen LogP contribution in [0, 0.1) is 0 Å². The lowest BCUT2D eigenvalue weighted by Gasteiger charge is -1.79. The number of halogens is 1. The minimum Gasteiger partial charge on any atom is -0.360 e. The molecule has 0 aliphatic rings. The molecule has 1 heterocycles. The van der Waals surface area contributed by atoms with Crippen LogP contribution in [0.1, 0.15) is 18.4 Å². The fourth-order valence-electron chi connectivity index (χ4n) is 0.679. The van der Waals surface area contributed by atoms with Gasteiger partial charge in [-0.2, -0.15) is 0 Å². The number of rotatable bonds is 3. The molecule has 0 atom stereocenters. The van der Waals surface area contributed by atoms with Crippen LogP contribution in [0.3, 0.4) is 0 Å². The Morgan fingerprint density at radius 3 is 3.10 bits per heavy atom. The van der Waals surface area contributed by atoms with E-state index in [4.69, 9.17) is 4.52 Å². The van der Waals surface area contributed by atoms with Gasteiger partial charge in [0.05, 0.1) is 10.1 Å². The van der Waals surface area contributed by atoms with Crippen LogP contribution in [-0.4, -0.2) is 9.67 Å². The molecule has 2 nitrogen and oxygen atoms in total. The highest BCUT2D eigenvalue weighted by atomic mass is 127. The van der Waals surface area contributed by atoms with E-state index in [-0.39, 0.29) is 20.7 Å². The Hall–Kier alpha value is -0.190. The number of hydrogen-bond donors (Lipinski definition) is 0. The minimum absolute atomic E-state index is 0.0531. The monoisotopic (exact) mass is 251 g/mol. The molecule has 0 aliphatic heterocycles. The van der Waals surface area contributed by atoms with Gasteiger partial charge in [0.15, 0.2) is 0 Å². The van der Waals surface area contributed by atoms with Gasteiger partial charge < -0.3 is 4.52 Å². The zero-order valence-electron chi connectivity index (χ0n) is 5.93. The van der Waals surface area contributed by atoms with Crippen molar-refractivity contribution in [1.82, 2.24) is 5.16 Å². The van der Waals surface area contributed by atoms with Crippen molar-refractivity contribution in [2.24, 2.45) is 0 Å². The van der Waals surface area contributed by atoms with E-state index in [2.05, 4.69) is 16.6 Å². The molecule has 1 aromatic rings. The van der Waals surface area contributed by atoms with Gasteiger partial charge >= 0.3 is 0 Å². The smallest absolute Gasteiger partial charge is 0.146 e. The Morgan fingerprint density at radius 1 is 1.80 bits per heavy atom. The standard InChI is InChI=1S/C7H10INO/c1-3-6-4-7(5-8-2)10-9-6/h4H,2-3,5H2,1H3. The van der Waals surface area contributed by atoms with Crippen molar-refractivity contribution in [1.29, 1.82) is 0 Å². The molecule has 0 N–H and O–H groups in total. The predicted octanol–water partition coefficient (Wildman–Crippen LogP) is 2.14. The van der Waals surface area contributed by atoms with Gasteiger partial charge in [-0.15, -0.1) is 20.7 Å². The van der Waals surface area contributed by atoms with Crippen LogP contribution in [0.15, 0.2) is 10.6 Å². The van der Waals surface area contributed by atoms with Gasteiger partial charge in [0.1, 0.15) is 5.76 Å². The summed E-state index contributed by atoms with van der Waals surface area (Å²) < 4.78 is 9.88. The van der Waals surface area contributed by atoms with Gasteiger partial charge in [0.25, 0.3) is 0 Å². The number of nitrogens with zero attached hydrogens (tertiary/aromatic N) is 1. The summed E-state index contributed by atoms with van der Waals surface area (Å²) in [6.07, 6.45) is 0.957. The van der Waals surface area contributed by atoms with Crippen molar-refractivity contribution in [2.75, 3.05) is 0 Å². The molecule has 0 fully saturated rings. The van der Waals surface area contributed by atoms with Gasteiger partial charge in [-0.1, -0.05) is 16.6 Å². The van der Waals surface area contributed by atoms with Crippen molar-refractivity contribution < 1.29 is 4.52 Å². The molecule has 0 aromatic carbocycles. The summed E-state index contributed by atoms with van der Waals surface area (Å²) in [7, 11) is 0. The lowest BCUT2D eigenvalue weighted by atomic mass is 10.3. The van der Waals surface area contributed by atoms with Crippen molar-refractivity contribution in [3.05, 3.63) is 17.5 Å². The first-order chi connectivity index (χ1) is 4.86. The molecule has 0 radical (unpaired) electrons. The molecule has 0 unspecified atom stereocenters. The lowest BCUT2D eigenvalue weighted by Crippen LogP contribution is -1.74. The normalized spacial score (nSPS) is 10.1. The maximum absolute atomic E-state index is 5.03. The Balaban J connectivity index is 2.67. The average molecular weight is 251 g/mol. The lowest BCUT2D eigenvalue weighted by molar-refractivity contribution is 0.390. The van der Waals surface area contributed by atoms with Crippen LogP contribution in [0.25, 0.3) is 0 Å². The second kappa shape index (κ2) is 3.85. The fourth-order valence-corrected chi connectivity index (χ4v) is 1.57. The zero-order valence-corrected chi connectivity index (χ0v) is 8.09. The van der Waals surface area contributed by atoms with E-state index in [9.17, 15) is 0 Å². The molecule has 3 heteroatoms. The molecular weight excluding hydrogens is 241 g/mol. The molecule has 1 aromatic heterocycles. The summed E-state index contributed by atoms with van der Waals surface area (Å²) >= 11 is 0.0531. The van der Waals surface area contributed by atoms with E-state index in [0.29, 0.717) is 0 Å². The molecule has 0 amide bonds. The Kier molecular flexibility index (Phi) is 3.05. The maximum atomic E-state index is 5.03. The molecule has 0 spiro atoms. The third-order valence-electron chi connectivity index (χ3n) is 1.20. The highest BCUT2D eigenvalue weighted by molar-refractivity contribution is 14.2. The van der Waals surface area contributed by atoms with E-state index in [0.717, 1.165) is 22.3 Å². The molecule has 0 bridgehead atoms. The summed E-state index contributed by atoms with van der Waals surface area (Å²) in [4.78, 5) is 0. The van der Waals surface area contributed by atoms with Gasteiger partial charge in [-0.3, -0.25) is 0 Å². The summed E-state index contributed by atoms with van der Waals surface area (Å²) in [6.45, 7) is 2.07. The van der Waals surface area contributed by atoms with Crippen LogP contribution >= 0.6 is 20.7 Å². The van der Waals surface area contributed by atoms with Gasteiger partial charge in [0, 0.05) is 6.07 Å². The van der Waals surface area contributed by atoms with Crippen LogP contribution in [0.5, 0.6) is 0 Å². The largest absolute Gasteiger partial charge is 0.360 e. The van der Waals surface area contributed by atoms with Gasteiger partial charge in [-0.25, -0.2) is 0 Å². The van der Waals surface area contributed by atoms with E-state index in [1.807, 2.05) is 6.07 Å². The fraction of sp³-hybridized carbons (Fsp3) is 0.429. The first-order valence-corrected chi connectivity index (χ1v) is 6.19. The molecule has 1 rings (SSSR count). The molecule has 10 heavy (non-hydrogen) atoms. The van der Waals surface area contributed by atoms with Gasteiger partial charge in [0.2, 0.25) is 0 Å². The van der Waals surface area contributed by atoms with Crippen molar-refractivity contribution in [3.8, 4) is 0 Å². The Labute approximate surface area is 70.4 Å². The van der Waals surface area contributed by atoms with Crippen molar-refractivity contribution in [3.63, 3.8) is 0 Å². The van der Waals surface area contributed by atoms with E-state index < -0.39 is 0 Å². The van der Waals surface area contributed by atoms with Crippen LogP contribution in [-0.2, 0) is 10.8 Å². The topological polar surface area (TPSA) is 26.0 Å². The maximum Gasteiger partial charge on any atom is 0.146 e. The van der Waals surface area contributed by atoms with Crippen LogP contribution in [0.2, 0.25) is 0 Å². The van der Waals surface area contributed by atoms with Crippen molar-refractivity contribution >= 4 is 25.2 Å². The Bertz CT molecular complexity index is 219. The SMILES string of the molecule is C=ICc1cc(CC)no1. The van der Waals surface area contributed by atoms with E-state index in [1.165, 1.54) is 0 Å². The first-order valence-electron chi connectivity index (χ1n) is 3.14. The van der Waals surface area contributed by atoms with E-state index in [1.54, 1.807) is 0 Å². The second-order valence-corrected chi connectivity index (χ2v) is 3.80. The van der Waals surface area contributed by atoms with Crippen LogP contribution in [0.4, 0.5) is 0 Å². The molecule has 0 aliphatic carbocycles. The minimum atomic E-state index is 0.0531. The number of aromatic nitrogens is 1. The van der Waals surface area contributed by atoms with Gasteiger partial charge in [-0.05, 0) is 6.42 Å². The first kappa shape index (κ1) is 7.91. The average Bonchev–Trinajstić information content (AvgIpc) is 2.37. The molecule has 0 saturated carbocycles. The Morgan fingerprint density at radius 2 is 2.60 bits per heavy atom. The predicted molar refractivity (Wildman–Crippen MR) is 50.7 cm³/mol. The molecular formula is C7H10INO. The summed E-state index contributed by atoms with van der Waals surface area (Å²) in [6, 6.07) is 2.02. The number of alkyl halides is 1. The molecule has 0 saturated heterocycles.